The van der Waals surface area contributed by atoms with Gasteiger partial charge in [0.15, 0.2) is 0 Å². The third-order valence-electron chi connectivity index (χ3n) is 2.32. The number of carbonyl (C=O) groups is 1. The van der Waals surface area contributed by atoms with Crippen molar-refractivity contribution in [2.45, 2.75) is 13.3 Å². The average Bonchev–Trinajstić information content (AvgIpc) is 2.35. The van der Waals surface area contributed by atoms with Gasteiger partial charge in [-0.3, -0.25) is 10.1 Å². The van der Waals surface area contributed by atoms with E-state index in [4.69, 9.17) is 5.26 Å². The lowest BCUT2D eigenvalue weighted by Crippen LogP contribution is -2.08. The summed E-state index contributed by atoms with van der Waals surface area (Å²) < 4.78 is 4.54. The third-order valence-corrected chi connectivity index (χ3v) is 2.32. The van der Waals surface area contributed by atoms with E-state index in [2.05, 4.69) is 4.74 Å². The maximum atomic E-state index is 11.5. The van der Waals surface area contributed by atoms with E-state index in [1.54, 1.807) is 6.92 Å². The van der Waals surface area contributed by atoms with Gasteiger partial charge >= 0.3 is 5.97 Å². The number of hydrogen-bond acceptors (Lipinski definition) is 5. The van der Waals surface area contributed by atoms with E-state index in [1.807, 2.05) is 6.07 Å². The van der Waals surface area contributed by atoms with Crippen LogP contribution < -0.4 is 0 Å². The predicted octanol–water partition coefficient (Wildman–Crippen LogP) is 1.82. The van der Waals surface area contributed by atoms with Crippen molar-refractivity contribution >= 4 is 11.7 Å². The molecule has 0 heterocycles. The van der Waals surface area contributed by atoms with E-state index in [9.17, 15) is 14.9 Å². The highest BCUT2D eigenvalue weighted by Gasteiger charge is 2.20. The molecule has 1 rings (SSSR count). The first-order valence-electron chi connectivity index (χ1n) is 4.84. The number of esters is 1. The molecule has 6 nitrogen and oxygen atoms in total. The lowest BCUT2D eigenvalue weighted by molar-refractivity contribution is -0.384. The fraction of sp³-hybridized carbons (Fsp3) is 0.273. The normalized spacial score (nSPS) is 9.47. The van der Waals surface area contributed by atoms with Crippen molar-refractivity contribution in [2.24, 2.45) is 0 Å². The van der Waals surface area contributed by atoms with Gasteiger partial charge in [0, 0.05) is 12.1 Å². The van der Waals surface area contributed by atoms with Crippen LogP contribution in [-0.2, 0) is 11.2 Å². The van der Waals surface area contributed by atoms with Crippen LogP contribution in [0.5, 0.6) is 0 Å². The van der Waals surface area contributed by atoms with E-state index < -0.39 is 10.9 Å². The molecule has 6 heteroatoms. The number of rotatable bonds is 3. The van der Waals surface area contributed by atoms with Crippen molar-refractivity contribution in [1.29, 1.82) is 5.26 Å². The molecule has 0 saturated heterocycles. The number of benzene rings is 1. The number of non-ortho nitro benzene ring substituents is 1. The minimum absolute atomic E-state index is 0.0701. The van der Waals surface area contributed by atoms with Crippen LogP contribution in [0.3, 0.4) is 0 Å². The Hall–Kier alpha value is -2.42. The number of nitro groups is 1. The summed E-state index contributed by atoms with van der Waals surface area (Å²) in [5.74, 6) is -0.679. The number of nitriles is 1. The Kier molecular flexibility index (Phi) is 3.78. The highest BCUT2D eigenvalue weighted by atomic mass is 16.6. The fourth-order valence-corrected chi connectivity index (χ4v) is 1.53. The zero-order valence-electron chi connectivity index (χ0n) is 9.39. The van der Waals surface area contributed by atoms with Crippen LogP contribution in [0.15, 0.2) is 12.1 Å². The molecule has 17 heavy (non-hydrogen) atoms. The molecule has 0 N–H and O–H groups in total. The van der Waals surface area contributed by atoms with Gasteiger partial charge in [-0.25, -0.2) is 4.79 Å². The Morgan fingerprint density at radius 1 is 1.59 bits per heavy atom. The topological polar surface area (TPSA) is 93.2 Å². The minimum Gasteiger partial charge on any atom is -0.465 e. The fourth-order valence-electron chi connectivity index (χ4n) is 1.53. The first-order chi connectivity index (χ1) is 8.04. The van der Waals surface area contributed by atoms with Crippen LogP contribution in [0, 0.1) is 21.4 Å². The standard InChI is InChI=1S/C11H10N2O4/c1-3-9-7(6-12)4-8(13(15)16)5-10(9)11(14)17-2/h4-5H,3H2,1-2H3. The number of ether oxygens (including phenoxy) is 1. The summed E-state index contributed by atoms with van der Waals surface area (Å²) in [5.41, 5.74) is 0.368. The second-order valence-corrected chi connectivity index (χ2v) is 3.23. The molecule has 0 bridgehead atoms. The van der Waals surface area contributed by atoms with Crippen molar-refractivity contribution in [1.82, 2.24) is 0 Å². The molecule has 0 aromatic heterocycles. The van der Waals surface area contributed by atoms with E-state index >= 15 is 0 Å². The maximum Gasteiger partial charge on any atom is 0.338 e. The van der Waals surface area contributed by atoms with Crippen LogP contribution >= 0.6 is 0 Å². The van der Waals surface area contributed by atoms with Gasteiger partial charge in [0.05, 0.1) is 29.2 Å². The monoisotopic (exact) mass is 234 g/mol. The molecule has 1 aromatic carbocycles. The van der Waals surface area contributed by atoms with Gasteiger partial charge in [0.1, 0.15) is 0 Å². The number of nitro benzene ring substituents is 1. The third kappa shape index (κ3) is 2.39. The molecule has 0 saturated carbocycles. The Morgan fingerprint density at radius 2 is 2.24 bits per heavy atom. The largest absolute Gasteiger partial charge is 0.465 e. The summed E-state index contributed by atoms with van der Waals surface area (Å²) in [4.78, 5) is 21.5. The first kappa shape index (κ1) is 12.6. The van der Waals surface area contributed by atoms with Gasteiger partial charge in [-0.1, -0.05) is 6.92 Å². The molecular weight excluding hydrogens is 224 g/mol. The number of hydrogen-bond donors (Lipinski definition) is 0. The van der Waals surface area contributed by atoms with Crippen LogP contribution in [0.2, 0.25) is 0 Å². The summed E-state index contributed by atoms with van der Waals surface area (Å²) in [6.07, 6.45) is 0.422. The van der Waals surface area contributed by atoms with Crippen LogP contribution in [0.25, 0.3) is 0 Å². The molecule has 0 unspecified atom stereocenters. The zero-order chi connectivity index (χ0) is 13.0. The second kappa shape index (κ2) is 5.07. The van der Waals surface area contributed by atoms with Gasteiger partial charge in [-0.05, 0) is 12.0 Å². The molecule has 88 valence electrons. The quantitative estimate of drug-likeness (QED) is 0.451. The van der Waals surface area contributed by atoms with Crippen LogP contribution in [0.4, 0.5) is 5.69 Å². The van der Waals surface area contributed by atoms with Crippen molar-refractivity contribution in [3.63, 3.8) is 0 Å². The average molecular weight is 234 g/mol. The Bertz CT molecular complexity index is 517. The van der Waals surface area contributed by atoms with E-state index in [0.717, 1.165) is 12.1 Å². The van der Waals surface area contributed by atoms with E-state index in [-0.39, 0.29) is 16.8 Å². The molecular formula is C11H10N2O4. The summed E-state index contributed by atoms with van der Waals surface area (Å²) in [7, 11) is 1.19. The summed E-state index contributed by atoms with van der Waals surface area (Å²) in [6.45, 7) is 1.76. The minimum atomic E-state index is -0.679. The lowest BCUT2D eigenvalue weighted by Gasteiger charge is -2.07. The maximum absolute atomic E-state index is 11.5. The SMILES string of the molecule is CCc1c(C#N)cc([N+](=O)[O-])cc1C(=O)OC. The molecule has 0 aliphatic heterocycles. The van der Waals surface area contributed by atoms with Crippen molar-refractivity contribution < 1.29 is 14.5 Å². The predicted molar refractivity (Wildman–Crippen MR) is 58.5 cm³/mol. The van der Waals surface area contributed by atoms with Gasteiger partial charge in [-0.2, -0.15) is 5.26 Å². The highest BCUT2D eigenvalue weighted by molar-refractivity contribution is 5.92. The Balaban J connectivity index is 3.55. The number of methoxy groups -OCH3 is 1. The second-order valence-electron chi connectivity index (χ2n) is 3.23. The number of carbonyl (C=O) groups excluding carboxylic acids is 1. The first-order valence-corrected chi connectivity index (χ1v) is 4.84. The molecule has 0 fully saturated rings. The lowest BCUT2D eigenvalue weighted by atomic mass is 9.98. The molecule has 1 aromatic rings. The van der Waals surface area contributed by atoms with Crippen LogP contribution in [0.1, 0.15) is 28.4 Å². The van der Waals surface area contributed by atoms with E-state index in [1.165, 1.54) is 7.11 Å². The zero-order valence-corrected chi connectivity index (χ0v) is 9.39. The Labute approximate surface area is 97.6 Å². The van der Waals surface area contributed by atoms with Gasteiger partial charge in [0.25, 0.3) is 5.69 Å². The number of nitrogens with zero attached hydrogens (tertiary/aromatic N) is 2. The molecule has 0 spiro atoms. The van der Waals surface area contributed by atoms with Crippen LogP contribution in [-0.4, -0.2) is 18.0 Å². The Morgan fingerprint density at radius 3 is 2.65 bits per heavy atom. The molecule has 0 amide bonds. The van der Waals surface area contributed by atoms with Gasteiger partial charge in [0.2, 0.25) is 0 Å². The molecule has 0 radical (unpaired) electrons. The highest BCUT2D eigenvalue weighted by Crippen LogP contribution is 2.23. The molecule has 0 aliphatic rings. The van der Waals surface area contributed by atoms with Gasteiger partial charge in [-0.15, -0.1) is 0 Å². The van der Waals surface area contributed by atoms with Gasteiger partial charge < -0.3 is 4.74 Å². The van der Waals surface area contributed by atoms with E-state index in [0.29, 0.717) is 12.0 Å². The summed E-state index contributed by atoms with van der Waals surface area (Å²) in [5, 5.41) is 19.6. The summed E-state index contributed by atoms with van der Waals surface area (Å²) in [6, 6.07) is 4.14. The molecule has 0 atom stereocenters. The van der Waals surface area contributed by atoms with Crippen molar-refractivity contribution in [2.75, 3.05) is 7.11 Å². The smallest absolute Gasteiger partial charge is 0.338 e. The molecule has 0 aliphatic carbocycles. The van der Waals surface area contributed by atoms with Crippen molar-refractivity contribution in [3.05, 3.63) is 38.9 Å². The summed E-state index contributed by atoms with van der Waals surface area (Å²) >= 11 is 0. The van der Waals surface area contributed by atoms with Crippen molar-refractivity contribution in [3.8, 4) is 6.07 Å².